The van der Waals surface area contributed by atoms with Crippen molar-refractivity contribution in [2.75, 3.05) is 32.4 Å². The molecule has 1 N–H and O–H groups in total. The molecule has 4 rings (SSSR count). The lowest BCUT2D eigenvalue weighted by molar-refractivity contribution is -0.128. The third-order valence-corrected chi connectivity index (χ3v) is 7.22. The van der Waals surface area contributed by atoms with E-state index in [0.717, 1.165) is 37.9 Å². The third kappa shape index (κ3) is 5.05. The Hall–Kier alpha value is -2.31. The van der Waals surface area contributed by atoms with Crippen LogP contribution in [-0.2, 0) is 11.2 Å². The first-order valence-electron chi connectivity index (χ1n) is 10.6. The van der Waals surface area contributed by atoms with Crippen LogP contribution in [0.4, 0.5) is 0 Å². The fourth-order valence-corrected chi connectivity index (χ4v) is 5.31. The number of hydrogen-bond acceptors (Lipinski definition) is 4. The number of hydrogen-bond donors (Lipinski definition) is 1. The summed E-state index contributed by atoms with van der Waals surface area (Å²) in [5, 5.41) is 3.18. The van der Waals surface area contributed by atoms with Gasteiger partial charge in [0, 0.05) is 18.2 Å². The monoisotopic (exact) mass is 423 g/mol. The summed E-state index contributed by atoms with van der Waals surface area (Å²) in [6.07, 6.45) is 2.84. The predicted molar refractivity (Wildman–Crippen MR) is 121 cm³/mol. The lowest BCUT2D eigenvalue weighted by Crippen LogP contribution is -2.43. The van der Waals surface area contributed by atoms with Gasteiger partial charge in [0.1, 0.15) is 5.37 Å². The second-order valence-corrected chi connectivity index (χ2v) is 9.23. The van der Waals surface area contributed by atoms with Gasteiger partial charge in [-0.1, -0.05) is 42.5 Å². The van der Waals surface area contributed by atoms with Gasteiger partial charge < -0.3 is 15.1 Å². The molecule has 1 unspecified atom stereocenters. The maximum Gasteiger partial charge on any atom is 0.251 e. The second kappa shape index (κ2) is 9.67. The van der Waals surface area contributed by atoms with Gasteiger partial charge in [-0.15, -0.1) is 11.8 Å². The maximum atomic E-state index is 12.6. The molecule has 2 aliphatic rings. The Morgan fingerprint density at radius 3 is 2.47 bits per heavy atom. The molecule has 2 aliphatic heterocycles. The van der Waals surface area contributed by atoms with Crippen molar-refractivity contribution >= 4 is 23.6 Å². The molecule has 2 amide bonds. The van der Waals surface area contributed by atoms with E-state index in [9.17, 15) is 9.59 Å². The highest BCUT2D eigenvalue weighted by Crippen LogP contribution is 2.38. The average Bonchev–Trinajstić information content (AvgIpc) is 3.15. The number of nitrogens with one attached hydrogen (secondary N) is 1. The molecule has 0 saturated carbocycles. The molecule has 5 nitrogen and oxygen atoms in total. The molecule has 0 radical (unpaired) electrons. The van der Waals surface area contributed by atoms with Gasteiger partial charge in [0.15, 0.2) is 0 Å². The fourth-order valence-electron chi connectivity index (χ4n) is 4.09. The number of benzene rings is 2. The molecule has 2 aromatic rings. The van der Waals surface area contributed by atoms with Gasteiger partial charge in [0.05, 0.1) is 5.75 Å². The summed E-state index contributed by atoms with van der Waals surface area (Å²) in [6, 6.07) is 18.3. The Labute approximate surface area is 182 Å². The zero-order valence-corrected chi connectivity index (χ0v) is 18.2. The van der Waals surface area contributed by atoms with Crippen LogP contribution in [-0.4, -0.2) is 60.1 Å². The zero-order valence-electron chi connectivity index (χ0n) is 17.4. The van der Waals surface area contributed by atoms with Gasteiger partial charge in [0.25, 0.3) is 5.91 Å². The number of piperidine rings is 1. The molecular formula is C24H29N3O2S. The number of thioether (sulfide) groups is 1. The molecule has 2 aromatic carbocycles. The summed E-state index contributed by atoms with van der Waals surface area (Å²) in [5.74, 6) is 0.690. The van der Waals surface area contributed by atoms with Crippen LogP contribution in [0.15, 0.2) is 54.6 Å². The van der Waals surface area contributed by atoms with Gasteiger partial charge >= 0.3 is 0 Å². The Kier molecular flexibility index (Phi) is 6.75. The highest BCUT2D eigenvalue weighted by molar-refractivity contribution is 8.00. The van der Waals surface area contributed by atoms with Crippen LogP contribution in [0.2, 0.25) is 0 Å². The summed E-state index contributed by atoms with van der Waals surface area (Å²) < 4.78 is 0. The van der Waals surface area contributed by atoms with Crippen molar-refractivity contribution < 1.29 is 9.59 Å². The highest BCUT2D eigenvalue weighted by atomic mass is 32.2. The number of rotatable bonds is 6. The van der Waals surface area contributed by atoms with Gasteiger partial charge in [0.2, 0.25) is 5.91 Å². The molecule has 0 aromatic heterocycles. The molecular weight excluding hydrogens is 394 g/mol. The molecule has 6 heteroatoms. The van der Waals surface area contributed by atoms with Crippen LogP contribution < -0.4 is 5.32 Å². The third-order valence-electron chi connectivity index (χ3n) is 5.96. The van der Waals surface area contributed by atoms with Crippen LogP contribution in [0.1, 0.15) is 39.7 Å². The number of carbonyl (C=O) groups excluding carboxylic acids is 2. The van der Waals surface area contributed by atoms with E-state index in [1.807, 2.05) is 47.4 Å². The first kappa shape index (κ1) is 20.9. The summed E-state index contributed by atoms with van der Waals surface area (Å²) >= 11 is 1.66. The molecule has 158 valence electrons. The molecule has 0 spiro atoms. The standard InChI is InChI=1S/C24H29N3O2S/c1-26-14-12-21(13-15-26)25-23(29)19-7-9-20(10-8-19)24-27(22(28)17-30-24)16-11-18-5-3-2-4-6-18/h2-10,21,24H,11-17H2,1H3,(H,25,29). The SMILES string of the molecule is CN1CCC(NC(=O)c2ccc(C3SCC(=O)N3CCc3ccccc3)cc2)CC1. The minimum absolute atomic E-state index is 0.00723. The summed E-state index contributed by atoms with van der Waals surface area (Å²) in [5.41, 5.74) is 3.00. The van der Waals surface area contributed by atoms with Crippen molar-refractivity contribution in [3.63, 3.8) is 0 Å². The Morgan fingerprint density at radius 1 is 1.07 bits per heavy atom. The topological polar surface area (TPSA) is 52.7 Å². The minimum Gasteiger partial charge on any atom is -0.349 e. The predicted octanol–water partition coefficient (Wildman–Crippen LogP) is 3.33. The largest absolute Gasteiger partial charge is 0.349 e. The summed E-state index contributed by atoms with van der Waals surface area (Å²) in [4.78, 5) is 29.3. The van der Waals surface area contributed by atoms with E-state index in [1.54, 1.807) is 11.8 Å². The number of nitrogens with zero attached hydrogens (tertiary/aromatic N) is 2. The molecule has 1 atom stereocenters. The molecule has 2 saturated heterocycles. The number of amides is 2. The van der Waals surface area contributed by atoms with E-state index < -0.39 is 0 Å². The Balaban J connectivity index is 1.37. The van der Waals surface area contributed by atoms with Crippen molar-refractivity contribution in [2.45, 2.75) is 30.7 Å². The van der Waals surface area contributed by atoms with Crippen molar-refractivity contribution in [1.29, 1.82) is 0 Å². The van der Waals surface area contributed by atoms with Gasteiger partial charge in [-0.25, -0.2) is 0 Å². The second-order valence-electron chi connectivity index (χ2n) is 8.16. The fraction of sp³-hybridized carbons (Fsp3) is 0.417. The van der Waals surface area contributed by atoms with E-state index in [-0.39, 0.29) is 23.2 Å². The first-order chi connectivity index (χ1) is 14.6. The van der Waals surface area contributed by atoms with Crippen molar-refractivity contribution in [1.82, 2.24) is 15.1 Å². The van der Waals surface area contributed by atoms with E-state index >= 15 is 0 Å². The average molecular weight is 424 g/mol. The van der Waals surface area contributed by atoms with Crippen molar-refractivity contribution in [2.24, 2.45) is 0 Å². The van der Waals surface area contributed by atoms with Crippen LogP contribution >= 0.6 is 11.8 Å². The van der Waals surface area contributed by atoms with Crippen LogP contribution in [0, 0.1) is 0 Å². The van der Waals surface area contributed by atoms with E-state index in [2.05, 4.69) is 29.4 Å². The van der Waals surface area contributed by atoms with Gasteiger partial charge in [-0.2, -0.15) is 0 Å². The van der Waals surface area contributed by atoms with Gasteiger partial charge in [-0.05, 0) is 62.7 Å². The summed E-state index contributed by atoms with van der Waals surface area (Å²) in [7, 11) is 2.12. The Bertz CT molecular complexity index is 864. The Morgan fingerprint density at radius 2 is 1.77 bits per heavy atom. The molecule has 2 heterocycles. The van der Waals surface area contributed by atoms with E-state index in [0.29, 0.717) is 17.9 Å². The van der Waals surface area contributed by atoms with Crippen LogP contribution in [0.5, 0.6) is 0 Å². The minimum atomic E-state index is -0.00723. The molecule has 30 heavy (non-hydrogen) atoms. The van der Waals surface area contributed by atoms with Gasteiger partial charge in [-0.3, -0.25) is 9.59 Å². The van der Waals surface area contributed by atoms with E-state index in [4.69, 9.17) is 0 Å². The first-order valence-corrected chi connectivity index (χ1v) is 11.7. The molecule has 2 fully saturated rings. The van der Waals surface area contributed by atoms with Crippen molar-refractivity contribution in [3.8, 4) is 0 Å². The van der Waals surface area contributed by atoms with E-state index in [1.165, 1.54) is 5.56 Å². The number of carbonyl (C=O) groups is 2. The van der Waals surface area contributed by atoms with Crippen LogP contribution in [0.25, 0.3) is 0 Å². The smallest absolute Gasteiger partial charge is 0.251 e. The molecule has 0 aliphatic carbocycles. The van der Waals surface area contributed by atoms with Crippen LogP contribution in [0.3, 0.4) is 0 Å². The molecule has 0 bridgehead atoms. The zero-order chi connectivity index (χ0) is 20.9. The summed E-state index contributed by atoms with van der Waals surface area (Å²) in [6.45, 7) is 2.75. The normalized spacial score (nSPS) is 20.5. The van der Waals surface area contributed by atoms with Crippen molar-refractivity contribution in [3.05, 3.63) is 71.3 Å². The number of likely N-dealkylation sites (tertiary alicyclic amines) is 1. The quantitative estimate of drug-likeness (QED) is 0.774. The maximum absolute atomic E-state index is 12.6. The highest BCUT2D eigenvalue weighted by Gasteiger charge is 2.32. The lowest BCUT2D eigenvalue weighted by atomic mass is 10.0. The lowest BCUT2D eigenvalue weighted by Gasteiger charge is -2.29.